The van der Waals surface area contributed by atoms with E-state index >= 15 is 0 Å². The molecule has 1 aliphatic carbocycles. The average molecular weight is 442 g/mol. The van der Waals surface area contributed by atoms with E-state index in [1.807, 2.05) is 48.5 Å². The summed E-state index contributed by atoms with van der Waals surface area (Å²) in [6, 6.07) is 14.0. The number of rotatable bonds is 7. The van der Waals surface area contributed by atoms with Crippen LogP contribution in [-0.2, 0) is 11.2 Å². The van der Waals surface area contributed by atoms with Crippen molar-refractivity contribution < 1.29 is 38.3 Å². The largest absolute Gasteiger partial charge is 1.00 e. The van der Waals surface area contributed by atoms with Gasteiger partial charge in [0.15, 0.2) is 0 Å². The number of carboxylic acid groups (broad SMARTS) is 1. The van der Waals surface area contributed by atoms with Gasteiger partial charge in [-0.3, -0.25) is 0 Å². The van der Waals surface area contributed by atoms with Crippen molar-refractivity contribution in [3.63, 3.8) is 0 Å². The minimum atomic E-state index is -1.11. The van der Waals surface area contributed by atoms with Crippen molar-refractivity contribution in [2.24, 2.45) is 5.92 Å². The maximum absolute atomic E-state index is 12.9. The number of hydrogen-bond acceptors (Lipinski definition) is 5. The van der Waals surface area contributed by atoms with Crippen LogP contribution < -0.4 is 39.3 Å². The minimum absolute atomic E-state index is 0. The summed E-state index contributed by atoms with van der Waals surface area (Å²) < 4.78 is 5.23. The number of fused-ring (bicyclic) bond motifs is 1. The van der Waals surface area contributed by atoms with Crippen molar-refractivity contribution in [2.75, 3.05) is 7.11 Å². The molecule has 2 unspecified atom stereocenters. The summed E-state index contributed by atoms with van der Waals surface area (Å²) in [4.78, 5) is 32.3. The van der Waals surface area contributed by atoms with Crippen LogP contribution in [0.3, 0.4) is 0 Å². The summed E-state index contributed by atoms with van der Waals surface area (Å²) in [6.45, 7) is 0. The number of imidazole rings is 1. The first kappa shape index (κ1) is 24.7. The van der Waals surface area contributed by atoms with Gasteiger partial charge in [-0.15, -0.1) is 0 Å². The van der Waals surface area contributed by atoms with Crippen LogP contribution in [-0.4, -0.2) is 35.1 Å². The van der Waals surface area contributed by atoms with Gasteiger partial charge in [0.1, 0.15) is 11.6 Å². The predicted octanol–water partition coefficient (Wildman–Crippen LogP) is -0.533. The number of nitrogens with zero attached hydrogens (tertiary/aromatic N) is 1. The second-order valence-corrected chi connectivity index (χ2v) is 8.18. The first-order valence-corrected chi connectivity index (χ1v) is 10.9. The van der Waals surface area contributed by atoms with Crippen LogP contribution in [0.5, 0.6) is 5.75 Å². The number of carbonyl (C=O) groups excluding carboxylic acids is 2. The van der Waals surface area contributed by atoms with Crippen molar-refractivity contribution in [1.29, 1.82) is 0 Å². The van der Waals surface area contributed by atoms with Gasteiger partial charge in [0.05, 0.1) is 24.2 Å². The fraction of sp³-hybridized carbons (Fsp3) is 0.375. The van der Waals surface area contributed by atoms with Crippen LogP contribution in [0.4, 0.5) is 4.79 Å². The molecule has 0 aliphatic heterocycles. The van der Waals surface area contributed by atoms with Gasteiger partial charge in [0.2, 0.25) is 0 Å². The molecule has 3 atom stereocenters. The topological polar surface area (TPSA) is 119 Å². The zero-order valence-corrected chi connectivity index (χ0v) is 19.0. The zero-order valence-electron chi connectivity index (χ0n) is 19.0. The number of hydrogen-bond donors (Lipinski definition) is 3. The second kappa shape index (κ2) is 11.3. The van der Waals surface area contributed by atoms with Crippen LogP contribution in [0.2, 0.25) is 0 Å². The van der Waals surface area contributed by atoms with E-state index in [0.717, 1.165) is 35.2 Å². The number of carboxylic acids is 1. The third kappa shape index (κ3) is 6.09. The molecular formula is C24H27LiN4O4. The maximum Gasteiger partial charge on any atom is 1.00 e. The smallest absolute Gasteiger partial charge is 0.550 e. The van der Waals surface area contributed by atoms with E-state index in [2.05, 4.69) is 20.6 Å². The summed E-state index contributed by atoms with van der Waals surface area (Å²) in [7, 11) is 1.61. The molecule has 3 aromatic rings. The average Bonchev–Trinajstić information content (AvgIpc) is 3.24. The van der Waals surface area contributed by atoms with Crippen LogP contribution in [0.1, 0.15) is 43.1 Å². The summed E-state index contributed by atoms with van der Waals surface area (Å²) in [6.07, 6.45) is 3.36. The molecule has 1 aromatic heterocycles. The quantitative estimate of drug-likeness (QED) is 0.425. The van der Waals surface area contributed by atoms with E-state index in [4.69, 9.17) is 4.74 Å². The molecule has 0 bridgehead atoms. The number of aromatic amines is 1. The molecular weight excluding hydrogens is 415 g/mol. The fourth-order valence-corrected chi connectivity index (χ4v) is 4.30. The standard InChI is InChI=1S/C24H28N4O4.Li/c1-32-16-12-10-15(11-13-16)14-21(22-25-19-8-4-5-9-20(19)26-22)28-24(31)27-18-7-3-2-6-17(18)23(29)30;/h4-5,8-13,17-18,21H,2-3,6-7,14H2,1H3,(H,25,26)(H,29,30)(H2,27,28,31);/q;+1/p-1/t17?,18?,21-;/m1./s1. The molecule has 3 N–H and O–H groups in total. The number of carbonyl (C=O) groups is 2. The van der Waals surface area contributed by atoms with E-state index in [1.54, 1.807) is 7.11 Å². The third-order valence-electron chi connectivity index (χ3n) is 6.03. The molecule has 1 saturated carbocycles. The number of methoxy groups -OCH3 is 1. The van der Waals surface area contributed by atoms with Crippen molar-refractivity contribution in [3.8, 4) is 5.75 Å². The Kier molecular flexibility index (Phi) is 8.42. The van der Waals surface area contributed by atoms with Crippen molar-refractivity contribution in [1.82, 2.24) is 20.6 Å². The van der Waals surface area contributed by atoms with Gasteiger partial charge in [0.25, 0.3) is 0 Å². The Balaban J connectivity index is 0.00000306. The molecule has 8 nitrogen and oxygen atoms in total. The van der Waals surface area contributed by atoms with Crippen molar-refractivity contribution >= 4 is 23.0 Å². The fourth-order valence-electron chi connectivity index (χ4n) is 4.30. The molecule has 0 saturated heterocycles. The van der Waals surface area contributed by atoms with E-state index in [1.165, 1.54) is 0 Å². The molecule has 1 aliphatic rings. The molecule has 1 fully saturated rings. The molecule has 1 heterocycles. The normalized spacial score (nSPS) is 18.7. The van der Waals surface area contributed by atoms with E-state index in [-0.39, 0.29) is 18.9 Å². The number of benzene rings is 2. The number of H-pyrrole nitrogens is 1. The Morgan fingerprint density at radius 1 is 1.15 bits per heavy atom. The van der Waals surface area contributed by atoms with Gasteiger partial charge in [-0.1, -0.05) is 37.1 Å². The molecule has 2 aromatic carbocycles. The summed E-state index contributed by atoms with van der Waals surface area (Å²) >= 11 is 0. The Labute approximate surface area is 204 Å². The molecule has 33 heavy (non-hydrogen) atoms. The maximum atomic E-state index is 12.9. The van der Waals surface area contributed by atoms with Gasteiger partial charge in [0, 0.05) is 17.9 Å². The van der Waals surface area contributed by atoms with Crippen LogP contribution in [0, 0.1) is 5.92 Å². The Hall–Kier alpha value is -2.95. The van der Waals surface area contributed by atoms with Crippen molar-refractivity contribution in [3.05, 3.63) is 59.9 Å². The molecule has 9 heteroatoms. The number of aromatic nitrogens is 2. The van der Waals surface area contributed by atoms with Gasteiger partial charge < -0.3 is 30.3 Å². The SMILES string of the molecule is COc1ccc(C[C@@H](NC(=O)NC2CCCCC2C(=O)[O-])c2nc3ccccc3[nH]2)cc1.[Li+]. The van der Waals surface area contributed by atoms with Gasteiger partial charge in [-0.25, -0.2) is 9.78 Å². The summed E-state index contributed by atoms with van der Waals surface area (Å²) in [5.41, 5.74) is 2.70. The zero-order chi connectivity index (χ0) is 22.5. The van der Waals surface area contributed by atoms with E-state index < -0.39 is 30.0 Å². The summed E-state index contributed by atoms with van der Waals surface area (Å²) in [5, 5.41) is 17.3. The molecule has 4 rings (SSSR count). The Bertz CT molecular complexity index is 1050. The Morgan fingerprint density at radius 3 is 2.58 bits per heavy atom. The number of aliphatic carboxylic acids is 1. The van der Waals surface area contributed by atoms with Gasteiger partial charge >= 0.3 is 24.9 Å². The van der Waals surface area contributed by atoms with E-state index in [0.29, 0.717) is 25.1 Å². The minimum Gasteiger partial charge on any atom is -0.550 e. The number of para-hydroxylation sites is 2. The monoisotopic (exact) mass is 442 g/mol. The first-order valence-electron chi connectivity index (χ1n) is 10.9. The van der Waals surface area contributed by atoms with Crippen LogP contribution >= 0.6 is 0 Å². The van der Waals surface area contributed by atoms with Crippen molar-refractivity contribution in [2.45, 2.75) is 44.2 Å². The number of nitrogens with one attached hydrogen (secondary N) is 3. The van der Waals surface area contributed by atoms with E-state index in [9.17, 15) is 14.7 Å². The molecule has 2 amide bonds. The number of ether oxygens (including phenoxy) is 1. The molecule has 0 radical (unpaired) electrons. The number of amides is 2. The molecule has 0 spiro atoms. The first-order chi connectivity index (χ1) is 15.5. The van der Waals surface area contributed by atoms with Crippen LogP contribution in [0.25, 0.3) is 11.0 Å². The summed E-state index contributed by atoms with van der Waals surface area (Å²) in [5.74, 6) is -0.384. The Morgan fingerprint density at radius 2 is 1.88 bits per heavy atom. The van der Waals surface area contributed by atoms with Crippen LogP contribution in [0.15, 0.2) is 48.5 Å². The third-order valence-corrected chi connectivity index (χ3v) is 6.03. The van der Waals surface area contributed by atoms with Gasteiger partial charge in [-0.2, -0.15) is 0 Å². The van der Waals surface area contributed by atoms with Gasteiger partial charge in [-0.05, 0) is 49.1 Å². The molecule has 168 valence electrons. The second-order valence-electron chi connectivity index (χ2n) is 8.18. The number of urea groups is 1. The predicted molar refractivity (Wildman–Crippen MR) is 118 cm³/mol.